The summed E-state index contributed by atoms with van der Waals surface area (Å²) in [6, 6.07) is 1.79. The summed E-state index contributed by atoms with van der Waals surface area (Å²) >= 11 is 0. The third-order valence-corrected chi connectivity index (χ3v) is 2.73. The smallest absolute Gasteiger partial charge is 0.259 e. The highest BCUT2D eigenvalue weighted by atomic mass is 16.8. The van der Waals surface area contributed by atoms with Crippen molar-refractivity contribution < 1.29 is 29.5 Å². The van der Waals surface area contributed by atoms with Crippen LogP contribution in [0.15, 0.2) is 0 Å². The van der Waals surface area contributed by atoms with Crippen LogP contribution >= 0.6 is 0 Å². The van der Waals surface area contributed by atoms with Crippen LogP contribution in [0.3, 0.4) is 0 Å². The van der Waals surface area contributed by atoms with E-state index in [9.17, 15) is 10.2 Å². The number of hydrogen-bond acceptors (Lipinski definition) is 7. The summed E-state index contributed by atoms with van der Waals surface area (Å²) in [7, 11) is 0. The van der Waals surface area contributed by atoms with Gasteiger partial charge in [0.25, 0.3) is 5.79 Å². The standard InChI is InChI=1S/C9H13NO6/c1-9(3-10)15-7-6(13)5(12)4(2-11)14-8(7)16-9/h4-8,11-13H,2H2,1H3/t4-,5-,6+,7+,8+,9?/m1/s1. The molecular weight excluding hydrogens is 218 g/mol. The predicted molar refractivity (Wildman–Crippen MR) is 47.7 cm³/mol. The summed E-state index contributed by atoms with van der Waals surface area (Å²) in [5.74, 6) is -1.50. The Hall–Kier alpha value is -0.750. The van der Waals surface area contributed by atoms with Crippen molar-refractivity contribution in [1.82, 2.24) is 0 Å². The molecule has 0 amide bonds. The van der Waals surface area contributed by atoms with Gasteiger partial charge in [0.15, 0.2) is 6.29 Å². The normalized spacial score (nSPS) is 52.1. The van der Waals surface area contributed by atoms with Crippen molar-refractivity contribution in [3.8, 4) is 6.07 Å². The van der Waals surface area contributed by atoms with Crippen molar-refractivity contribution in [1.29, 1.82) is 5.26 Å². The van der Waals surface area contributed by atoms with Crippen LogP contribution in [-0.2, 0) is 14.2 Å². The Labute approximate surface area is 91.8 Å². The van der Waals surface area contributed by atoms with E-state index in [4.69, 9.17) is 24.6 Å². The lowest BCUT2D eigenvalue weighted by Crippen LogP contribution is -2.57. The van der Waals surface area contributed by atoms with Gasteiger partial charge in [0.2, 0.25) is 0 Å². The van der Waals surface area contributed by atoms with Gasteiger partial charge in [0, 0.05) is 6.92 Å². The summed E-state index contributed by atoms with van der Waals surface area (Å²) in [6.07, 6.45) is -5.36. The predicted octanol–water partition coefficient (Wildman–Crippen LogP) is -1.92. The molecule has 0 spiro atoms. The molecular formula is C9H13NO6. The molecule has 0 aliphatic carbocycles. The summed E-state index contributed by atoms with van der Waals surface area (Å²) in [6.45, 7) is 0.940. The Bertz CT molecular complexity index is 318. The van der Waals surface area contributed by atoms with Gasteiger partial charge in [-0.05, 0) is 0 Å². The number of nitrogens with zero attached hydrogens (tertiary/aromatic N) is 1. The monoisotopic (exact) mass is 231 g/mol. The second-order valence-corrected chi connectivity index (χ2v) is 3.96. The maximum absolute atomic E-state index is 9.72. The van der Waals surface area contributed by atoms with Gasteiger partial charge in [-0.15, -0.1) is 0 Å². The fourth-order valence-corrected chi connectivity index (χ4v) is 1.84. The van der Waals surface area contributed by atoms with Gasteiger partial charge in [-0.25, -0.2) is 0 Å². The minimum absolute atomic E-state index is 0.450. The third-order valence-electron chi connectivity index (χ3n) is 2.73. The third kappa shape index (κ3) is 1.69. The number of rotatable bonds is 1. The van der Waals surface area contributed by atoms with Gasteiger partial charge in [0.05, 0.1) is 6.61 Å². The lowest BCUT2D eigenvalue weighted by atomic mass is 9.99. The van der Waals surface area contributed by atoms with Crippen LogP contribution in [0.1, 0.15) is 6.92 Å². The first kappa shape index (κ1) is 11.7. The number of ether oxygens (including phenoxy) is 3. The molecule has 0 saturated carbocycles. The summed E-state index contributed by atoms with van der Waals surface area (Å²) in [4.78, 5) is 0. The highest BCUT2D eigenvalue weighted by Crippen LogP contribution is 2.35. The molecule has 7 nitrogen and oxygen atoms in total. The Balaban J connectivity index is 2.17. The number of aliphatic hydroxyl groups excluding tert-OH is 3. The molecule has 2 rings (SSSR count). The highest BCUT2D eigenvalue weighted by molar-refractivity contribution is 5.01. The number of fused-ring (bicyclic) bond motifs is 1. The highest BCUT2D eigenvalue weighted by Gasteiger charge is 2.55. The molecule has 1 unspecified atom stereocenters. The molecule has 0 aromatic carbocycles. The van der Waals surface area contributed by atoms with Crippen LogP contribution < -0.4 is 0 Å². The van der Waals surface area contributed by atoms with E-state index >= 15 is 0 Å². The first-order chi connectivity index (χ1) is 7.50. The molecule has 2 fully saturated rings. The zero-order valence-corrected chi connectivity index (χ0v) is 8.61. The lowest BCUT2D eigenvalue weighted by molar-refractivity contribution is -0.254. The topological polar surface area (TPSA) is 112 Å². The minimum atomic E-state index is -1.50. The number of aliphatic hydroxyl groups is 3. The van der Waals surface area contributed by atoms with Crippen molar-refractivity contribution in [3.05, 3.63) is 0 Å². The van der Waals surface area contributed by atoms with Crippen molar-refractivity contribution >= 4 is 0 Å². The number of nitriles is 1. The van der Waals surface area contributed by atoms with E-state index in [1.165, 1.54) is 6.92 Å². The molecule has 6 atom stereocenters. The van der Waals surface area contributed by atoms with Crippen LogP contribution in [0, 0.1) is 11.3 Å². The van der Waals surface area contributed by atoms with E-state index in [-0.39, 0.29) is 0 Å². The molecule has 3 N–H and O–H groups in total. The number of hydrogen-bond donors (Lipinski definition) is 3. The minimum Gasteiger partial charge on any atom is -0.394 e. The Morgan fingerprint density at radius 1 is 1.31 bits per heavy atom. The van der Waals surface area contributed by atoms with E-state index in [1.54, 1.807) is 6.07 Å². The largest absolute Gasteiger partial charge is 0.394 e. The van der Waals surface area contributed by atoms with Crippen molar-refractivity contribution in [2.24, 2.45) is 0 Å². The fourth-order valence-electron chi connectivity index (χ4n) is 1.84. The van der Waals surface area contributed by atoms with E-state index in [1.807, 2.05) is 0 Å². The van der Waals surface area contributed by atoms with Crippen molar-refractivity contribution in [2.45, 2.75) is 43.4 Å². The quantitative estimate of drug-likeness (QED) is 0.482. The molecule has 16 heavy (non-hydrogen) atoms. The molecule has 7 heteroatoms. The zero-order chi connectivity index (χ0) is 11.9. The lowest BCUT2D eigenvalue weighted by Gasteiger charge is -2.36. The SMILES string of the molecule is CC1(C#N)O[C@@H]2O[C@H](CO)[C@@H](O)[C@H](O)[C@@H]2O1. The second-order valence-electron chi connectivity index (χ2n) is 3.96. The Kier molecular flexibility index (Phi) is 2.88. The van der Waals surface area contributed by atoms with E-state index < -0.39 is 43.1 Å². The van der Waals surface area contributed by atoms with Gasteiger partial charge < -0.3 is 29.5 Å². The first-order valence-corrected chi connectivity index (χ1v) is 4.90. The fraction of sp³-hybridized carbons (Fsp3) is 0.889. The summed E-state index contributed by atoms with van der Waals surface area (Å²) < 4.78 is 15.5. The molecule has 0 bridgehead atoms. The molecule has 0 radical (unpaired) electrons. The van der Waals surface area contributed by atoms with Gasteiger partial charge in [0.1, 0.15) is 30.5 Å². The van der Waals surface area contributed by atoms with Gasteiger partial charge in [-0.2, -0.15) is 5.26 Å². The van der Waals surface area contributed by atoms with Crippen molar-refractivity contribution in [3.63, 3.8) is 0 Å². The maximum Gasteiger partial charge on any atom is 0.259 e. The molecule has 0 aromatic heterocycles. The van der Waals surface area contributed by atoms with Crippen LogP contribution in [0.5, 0.6) is 0 Å². The van der Waals surface area contributed by atoms with Crippen LogP contribution in [0.4, 0.5) is 0 Å². The Morgan fingerprint density at radius 3 is 2.56 bits per heavy atom. The maximum atomic E-state index is 9.72. The summed E-state index contributed by atoms with van der Waals surface area (Å²) in [5, 5.41) is 37.0. The molecule has 2 heterocycles. The van der Waals surface area contributed by atoms with Gasteiger partial charge in [-0.1, -0.05) is 0 Å². The van der Waals surface area contributed by atoms with Crippen LogP contribution in [0.25, 0.3) is 0 Å². The molecule has 2 aliphatic rings. The summed E-state index contributed by atoms with van der Waals surface area (Å²) in [5.41, 5.74) is 0. The van der Waals surface area contributed by atoms with Gasteiger partial charge >= 0.3 is 0 Å². The molecule has 0 aromatic rings. The van der Waals surface area contributed by atoms with Crippen LogP contribution in [0.2, 0.25) is 0 Å². The molecule has 2 saturated heterocycles. The van der Waals surface area contributed by atoms with E-state index in [0.29, 0.717) is 0 Å². The van der Waals surface area contributed by atoms with E-state index in [0.717, 1.165) is 0 Å². The second kappa shape index (κ2) is 3.92. The molecule has 90 valence electrons. The van der Waals surface area contributed by atoms with Crippen LogP contribution in [-0.4, -0.2) is 58.4 Å². The van der Waals surface area contributed by atoms with Gasteiger partial charge in [-0.3, -0.25) is 0 Å². The average Bonchev–Trinajstić information content (AvgIpc) is 2.62. The molecule has 2 aliphatic heterocycles. The van der Waals surface area contributed by atoms with Crippen molar-refractivity contribution in [2.75, 3.05) is 6.61 Å². The first-order valence-electron chi connectivity index (χ1n) is 4.90. The van der Waals surface area contributed by atoms with E-state index in [2.05, 4.69) is 0 Å². The zero-order valence-electron chi connectivity index (χ0n) is 8.61. The Morgan fingerprint density at radius 2 is 2.00 bits per heavy atom. The average molecular weight is 231 g/mol.